The predicted octanol–water partition coefficient (Wildman–Crippen LogP) is 1.99. The molecule has 9 heteroatoms. The highest BCUT2D eigenvalue weighted by Crippen LogP contribution is 2.34. The highest BCUT2D eigenvalue weighted by molar-refractivity contribution is 8.16. The summed E-state index contributed by atoms with van der Waals surface area (Å²) in [5, 5.41) is 14.8. The van der Waals surface area contributed by atoms with E-state index in [2.05, 4.69) is 10.3 Å². The molecule has 0 spiro atoms. The number of methoxy groups -OCH3 is 2. The van der Waals surface area contributed by atoms with Gasteiger partial charge in [-0.3, -0.25) is 9.79 Å². The molecule has 0 saturated heterocycles. The normalized spacial score (nSPS) is 15.4. The number of benzene rings is 1. The number of nitrogens with zero attached hydrogens (tertiary/aromatic N) is 2. The van der Waals surface area contributed by atoms with E-state index in [9.17, 15) is 14.7 Å². The van der Waals surface area contributed by atoms with Crippen molar-refractivity contribution in [3.05, 3.63) is 28.8 Å². The lowest BCUT2D eigenvalue weighted by molar-refractivity contribution is -0.115. The van der Waals surface area contributed by atoms with Crippen LogP contribution in [0.5, 0.6) is 11.5 Å². The number of hydrogen-bond donors (Lipinski definition) is 2. The first kappa shape index (κ1) is 17.2. The van der Waals surface area contributed by atoms with Crippen LogP contribution in [0.25, 0.3) is 0 Å². The van der Waals surface area contributed by atoms with Crippen molar-refractivity contribution in [1.82, 2.24) is 4.90 Å². The highest BCUT2D eigenvalue weighted by Gasteiger charge is 2.28. The van der Waals surface area contributed by atoms with Crippen LogP contribution in [0.2, 0.25) is 0 Å². The van der Waals surface area contributed by atoms with Crippen LogP contribution in [0, 0.1) is 0 Å². The van der Waals surface area contributed by atoms with E-state index in [0.717, 1.165) is 24.0 Å². The van der Waals surface area contributed by atoms with Crippen molar-refractivity contribution >= 4 is 34.5 Å². The van der Waals surface area contributed by atoms with E-state index in [1.807, 2.05) is 10.3 Å². The molecule has 132 valence electrons. The van der Waals surface area contributed by atoms with Gasteiger partial charge in [0.2, 0.25) is 5.91 Å². The van der Waals surface area contributed by atoms with Gasteiger partial charge in [0, 0.05) is 24.4 Å². The summed E-state index contributed by atoms with van der Waals surface area (Å²) in [6.45, 7) is 1.48. The van der Waals surface area contributed by atoms with E-state index < -0.39 is 5.97 Å². The molecule has 3 rings (SSSR count). The topological polar surface area (TPSA) is 100 Å². The van der Waals surface area contributed by atoms with Gasteiger partial charge < -0.3 is 24.8 Å². The fourth-order valence-electron chi connectivity index (χ4n) is 2.63. The number of aromatic carboxylic acids is 1. The van der Waals surface area contributed by atoms with Crippen LogP contribution in [0.3, 0.4) is 0 Å². The lowest BCUT2D eigenvalue weighted by Gasteiger charge is -2.17. The van der Waals surface area contributed by atoms with Crippen LogP contribution in [0.15, 0.2) is 28.2 Å². The predicted molar refractivity (Wildman–Crippen MR) is 94.4 cm³/mol. The summed E-state index contributed by atoms with van der Waals surface area (Å²) < 4.78 is 10.3. The maximum atomic E-state index is 12.4. The third-order valence-electron chi connectivity index (χ3n) is 3.82. The molecular weight excluding hydrogens is 346 g/mol. The second-order valence-corrected chi connectivity index (χ2v) is 6.16. The first-order valence-electron chi connectivity index (χ1n) is 7.50. The van der Waals surface area contributed by atoms with Gasteiger partial charge in [0.25, 0.3) is 0 Å². The molecule has 0 unspecified atom stereocenters. The Hall–Kier alpha value is -2.68. The summed E-state index contributed by atoms with van der Waals surface area (Å²) in [4.78, 5) is 30.2. The minimum atomic E-state index is -1.17. The number of ether oxygens (including phenoxy) is 2. The molecule has 2 aliphatic heterocycles. The lowest BCUT2D eigenvalue weighted by Crippen LogP contribution is -2.24. The van der Waals surface area contributed by atoms with Crippen molar-refractivity contribution in [3.8, 4) is 11.5 Å². The van der Waals surface area contributed by atoms with Gasteiger partial charge in [0.05, 0.1) is 38.4 Å². The Labute approximate surface area is 148 Å². The SMILES string of the molecule is COc1cc(NC(=O)CC2=CSC3=NCCN23)c(C(=O)O)cc1OC. The average Bonchev–Trinajstić information content (AvgIpc) is 3.19. The van der Waals surface area contributed by atoms with Gasteiger partial charge in [-0.05, 0) is 5.41 Å². The van der Waals surface area contributed by atoms with Gasteiger partial charge >= 0.3 is 5.97 Å². The second-order valence-electron chi connectivity index (χ2n) is 5.33. The number of carbonyl (C=O) groups excluding carboxylic acids is 1. The number of nitrogens with one attached hydrogen (secondary N) is 1. The van der Waals surface area contributed by atoms with E-state index in [4.69, 9.17) is 9.47 Å². The third kappa shape index (κ3) is 3.41. The summed E-state index contributed by atoms with van der Waals surface area (Å²) in [7, 11) is 2.86. The summed E-state index contributed by atoms with van der Waals surface area (Å²) in [5.41, 5.74) is 0.956. The van der Waals surface area contributed by atoms with Crippen LogP contribution in [-0.2, 0) is 4.79 Å². The number of hydrogen-bond acceptors (Lipinski definition) is 7. The van der Waals surface area contributed by atoms with Crippen LogP contribution in [0.1, 0.15) is 16.8 Å². The summed E-state index contributed by atoms with van der Waals surface area (Å²) >= 11 is 1.49. The van der Waals surface area contributed by atoms with E-state index in [1.54, 1.807) is 0 Å². The molecule has 1 amide bonds. The molecule has 0 aliphatic carbocycles. The number of amidine groups is 1. The first-order valence-corrected chi connectivity index (χ1v) is 8.38. The number of amides is 1. The standard InChI is InChI=1S/C16H17N3O5S/c1-23-12-6-10(15(21)22)11(7-13(12)24-2)18-14(20)5-9-8-25-16-17-3-4-19(9)16/h6-8H,3-5H2,1-2H3,(H,18,20)(H,21,22). The minimum absolute atomic E-state index is 0.0656. The number of rotatable bonds is 6. The van der Waals surface area contributed by atoms with Crippen LogP contribution >= 0.6 is 11.8 Å². The largest absolute Gasteiger partial charge is 0.493 e. The van der Waals surface area contributed by atoms with Gasteiger partial charge in [-0.15, -0.1) is 0 Å². The average molecular weight is 363 g/mol. The number of anilines is 1. The van der Waals surface area contributed by atoms with Gasteiger partial charge in [-0.1, -0.05) is 11.8 Å². The van der Waals surface area contributed by atoms with Crippen molar-refractivity contribution < 1.29 is 24.2 Å². The number of fused-ring (bicyclic) bond motifs is 1. The molecule has 0 fully saturated rings. The molecule has 0 radical (unpaired) electrons. The number of carboxylic acids is 1. The van der Waals surface area contributed by atoms with Gasteiger partial charge in [0.1, 0.15) is 0 Å². The fraction of sp³-hybridized carbons (Fsp3) is 0.312. The first-order chi connectivity index (χ1) is 12.0. The Kier molecular flexibility index (Phi) is 4.84. The van der Waals surface area contributed by atoms with Crippen molar-refractivity contribution in [2.45, 2.75) is 6.42 Å². The van der Waals surface area contributed by atoms with Crippen molar-refractivity contribution in [2.75, 3.05) is 32.6 Å². The molecule has 0 aromatic heterocycles. The zero-order chi connectivity index (χ0) is 18.0. The zero-order valence-corrected chi connectivity index (χ0v) is 14.6. The summed E-state index contributed by atoms with van der Waals surface area (Å²) in [6, 6.07) is 2.77. The maximum Gasteiger partial charge on any atom is 0.337 e. The molecule has 0 atom stereocenters. The van der Waals surface area contributed by atoms with Crippen molar-refractivity contribution in [3.63, 3.8) is 0 Å². The Morgan fingerprint density at radius 3 is 2.72 bits per heavy atom. The fourth-order valence-corrected chi connectivity index (χ4v) is 3.59. The Morgan fingerprint density at radius 2 is 2.04 bits per heavy atom. The molecule has 2 N–H and O–H groups in total. The lowest BCUT2D eigenvalue weighted by atomic mass is 10.1. The molecule has 8 nitrogen and oxygen atoms in total. The van der Waals surface area contributed by atoms with E-state index in [1.165, 1.54) is 38.1 Å². The minimum Gasteiger partial charge on any atom is -0.493 e. The van der Waals surface area contributed by atoms with Gasteiger partial charge in [0.15, 0.2) is 16.7 Å². The molecular formula is C16H17N3O5S. The number of thioether (sulfide) groups is 1. The monoisotopic (exact) mass is 363 g/mol. The van der Waals surface area contributed by atoms with Crippen molar-refractivity contribution in [2.24, 2.45) is 4.99 Å². The Balaban J connectivity index is 1.78. The molecule has 2 heterocycles. The summed E-state index contributed by atoms with van der Waals surface area (Å²) in [6.07, 6.45) is 0.138. The van der Waals surface area contributed by atoms with Gasteiger partial charge in [-0.25, -0.2) is 4.79 Å². The van der Waals surface area contributed by atoms with Crippen LogP contribution in [-0.4, -0.2) is 54.4 Å². The molecule has 1 aromatic carbocycles. The molecule has 1 aromatic rings. The van der Waals surface area contributed by atoms with Gasteiger partial charge in [-0.2, -0.15) is 0 Å². The quantitative estimate of drug-likeness (QED) is 0.797. The molecule has 2 aliphatic rings. The smallest absolute Gasteiger partial charge is 0.337 e. The number of aliphatic imine (C=N–C) groups is 1. The second kappa shape index (κ2) is 7.06. The van der Waals surface area contributed by atoms with Crippen molar-refractivity contribution in [1.29, 1.82) is 0 Å². The molecule has 0 bridgehead atoms. The number of carbonyl (C=O) groups is 2. The van der Waals surface area contributed by atoms with E-state index >= 15 is 0 Å². The summed E-state index contributed by atoms with van der Waals surface area (Å²) in [5.74, 6) is -0.853. The van der Waals surface area contributed by atoms with E-state index in [-0.39, 0.29) is 29.3 Å². The Bertz CT molecular complexity index is 790. The highest BCUT2D eigenvalue weighted by atomic mass is 32.2. The van der Waals surface area contributed by atoms with E-state index in [0.29, 0.717) is 5.75 Å². The Morgan fingerprint density at radius 1 is 1.32 bits per heavy atom. The number of carboxylic acid groups (broad SMARTS) is 1. The maximum absolute atomic E-state index is 12.4. The molecule has 0 saturated carbocycles. The van der Waals surface area contributed by atoms with Crippen LogP contribution in [0.4, 0.5) is 5.69 Å². The third-order valence-corrected chi connectivity index (χ3v) is 4.77. The zero-order valence-electron chi connectivity index (χ0n) is 13.7. The molecule has 25 heavy (non-hydrogen) atoms. The van der Waals surface area contributed by atoms with Crippen LogP contribution < -0.4 is 14.8 Å².